The van der Waals surface area contributed by atoms with Crippen molar-refractivity contribution in [1.29, 1.82) is 0 Å². The summed E-state index contributed by atoms with van der Waals surface area (Å²) in [6.07, 6.45) is 3.07. The van der Waals surface area contributed by atoms with Crippen LogP contribution in [0.25, 0.3) is 0 Å². The summed E-state index contributed by atoms with van der Waals surface area (Å²) in [7, 11) is -1.92. The van der Waals surface area contributed by atoms with E-state index in [9.17, 15) is 13.2 Å². The van der Waals surface area contributed by atoms with Gasteiger partial charge in [0.2, 0.25) is 10.0 Å². The molecule has 0 saturated carbocycles. The zero-order chi connectivity index (χ0) is 16.8. The topological polar surface area (TPSA) is 84.5 Å². The van der Waals surface area contributed by atoms with Gasteiger partial charge in [0.15, 0.2) is 0 Å². The molecule has 1 rings (SSSR count). The van der Waals surface area contributed by atoms with Crippen molar-refractivity contribution in [2.24, 2.45) is 11.3 Å². The quantitative estimate of drug-likeness (QED) is 0.732. The lowest BCUT2D eigenvalue weighted by atomic mass is 9.88. The number of carbonyl (C=O) groups is 1. The smallest absolute Gasteiger partial charge is 0.250 e. The molecule has 0 aliphatic carbocycles. The molecule has 0 radical (unpaired) electrons. The number of sulfonamides is 1. The fourth-order valence-corrected chi connectivity index (χ4v) is 3.77. The van der Waals surface area contributed by atoms with Crippen LogP contribution in [0.3, 0.4) is 0 Å². The maximum absolute atomic E-state index is 12.1. The highest BCUT2D eigenvalue weighted by Gasteiger charge is 2.27. The fraction of sp³-hybridized carbons (Fsp3) is 0.933. The van der Waals surface area contributed by atoms with Crippen molar-refractivity contribution in [3.8, 4) is 0 Å². The van der Waals surface area contributed by atoms with Crippen molar-refractivity contribution in [2.45, 2.75) is 52.5 Å². The van der Waals surface area contributed by atoms with Crippen LogP contribution >= 0.6 is 0 Å². The van der Waals surface area contributed by atoms with Gasteiger partial charge >= 0.3 is 0 Å². The molecule has 22 heavy (non-hydrogen) atoms. The minimum atomic E-state index is -3.59. The Morgan fingerprint density at radius 3 is 2.55 bits per heavy atom. The Hall–Kier alpha value is -0.660. The Balaban J connectivity index is 2.49. The van der Waals surface area contributed by atoms with Gasteiger partial charge in [-0.15, -0.1) is 0 Å². The number of carbonyl (C=O) groups excluding carboxylic acids is 1. The van der Waals surface area contributed by atoms with Gasteiger partial charge < -0.3 is 10.1 Å². The van der Waals surface area contributed by atoms with Gasteiger partial charge in [0.1, 0.15) is 0 Å². The number of nitrogens with one attached hydrogen (secondary N) is 2. The number of amides is 1. The number of ether oxygens (including phenoxy) is 1. The Bertz CT molecular complexity index is 451. The first-order valence-corrected chi connectivity index (χ1v) is 9.57. The van der Waals surface area contributed by atoms with E-state index in [1.165, 1.54) is 0 Å². The molecule has 2 unspecified atom stereocenters. The predicted octanol–water partition coefficient (Wildman–Crippen LogP) is 1.27. The van der Waals surface area contributed by atoms with Gasteiger partial charge in [0, 0.05) is 13.2 Å². The lowest BCUT2D eigenvalue weighted by molar-refractivity contribution is -0.121. The minimum absolute atomic E-state index is 0.0290. The molecule has 1 saturated heterocycles. The van der Waals surface area contributed by atoms with E-state index in [0.717, 1.165) is 19.4 Å². The minimum Gasteiger partial charge on any atom is -0.381 e. The van der Waals surface area contributed by atoms with Crippen molar-refractivity contribution in [2.75, 3.05) is 26.0 Å². The second kappa shape index (κ2) is 8.26. The largest absolute Gasteiger partial charge is 0.381 e. The third kappa shape index (κ3) is 7.56. The first kappa shape index (κ1) is 19.4. The van der Waals surface area contributed by atoms with Crippen molar-refractivity contribution in [3.63, 3.8) is 0 Å². The maximum Gasteiger partial charge on any atom is 0.250 e. The molecule has 0 aromatic rings. The normalized spacial score (nSPS) is 21.4. The summed E-state index contributed by atoms with van der Waals surface area (Å²) >= 11 is 0. The van der Waals surface area contributed by atoms with Crippen LogP contribution in [0.4, 0.5) is 0 Å². The molecular formula is C15H30N2O4S. The fourth-order valence-electron chi connectivity index (χ4n) is 2.57. The molecule has 1 aliphatic rings. The van der Waals surface area contributed by atoms with Crippen molar-refractivity contribution >= 4 is 15.9 Å². The van der Waals surface area contributed by atoms with Crippen LogP contribution < -0.4 is 10.0 Å². The first-order chi connectivity index (χ1) is 10.1. The Labute approximate surface area is 134 Å². The van der Waals surface area contributed by atoms with Gasteiger partial charge in [0.25, 0.3) is 5.91 Å². The van der Waals surface area contributed by atoms with E-state index in [-0.39, 0.29) is 17.1 Å². The maximum atomic E-state index is 12.1. The summed E-state index contributed by atoms with van der Waals surface area (Å²) in [5.41, 5.74) is -0.0613. The van der Waals surface area contributed by atoms with Crippen LogP contribution in [-0.2, 0) is 19.6 Å². The molecule has 1 fully saturated rings. The molecular weight excluding hydrogens is 304 g/mol. The van der Waals surface area contributed by atoms with Gasteiger partial charge in [-0.25, -0.2) is 8.42 Å². The molecule has 0 aromatic carbocycles. The average Bonchev–Trinajstić information content (AvgIpc) is 2.42. The Morgan fingerprint density at radius 2 is 2.05 bits per heavy atom. The van der Waals surface area contributed by atoms with E-state index in [1.54, 1.807) is 7.05 Å². The van der Waals surface area contributed by atoms with E-state index in [4.69, 9.17) is 4.74 Å². The van der Waals surface area contributed by atoms with Crippen LogP contribution in [0.1, 0.15) is 46.5 Å². The van der Waals surface area contributed by atoms with E-state index in [2.05, 4.69) is 10.0 Å². The third-order valence-corrected chi connectivity index (χ3v) is 5.07. The number of hydrogen-bond donors (Lipinski definition) is 2. The summed E-state index contributed by atoms with van der Waals surface area (Å²) < 4.78 is 31.7. The van der Waals surface area contributed by atoms with Crippen LogP contribution in [0.15, 0.2) is 0 Å². The standard InChI is InChI=1S/C15H30N2O4S/c1-15(2,3)10-13(16-4)14(18)17-22(19,20)9-7-12-6-5-8-21-11-12/h12-13,16H,5-11H2,1-4H3,(H,17,18). The molecule has 0 aromatic heterocycles. The van der Waals surface area contributed by atoms with Crippen LogP contribution in [0, 0.1) is 11.3 Å². The summed E-state index contributed by atoms with van der Waals surface area (Å²) in [6.45, 7) is 7.43. The highest BCUT2D eigenvalue weighted by Crippen LogP contribution is 2.21. The highest BCUT2D eigenvalue weighted by atomic mass is 32.2. The second-order valence-corrected chi connectivity index (χ2v) is 9.10. The molecule has 2 N–H and O–H groups in total. The monoisotopic (exact) mass is 334 g/mol. The van der Waals surface area contributed by atoms with Gasteiger partial charge in [-0.3, -0.25) is 9.52 Å². The van der Waals surface area contributed by atoms with E-state index in [0.29, 0.717) is 19.4 Å². The second-order valence-electron chi connectivity index (χ2n) is 7.26. The van der Waals surface area contributed by atoms with Crippen LogP contribution in [0.2, 0.25) is 0 Å². The van der Waals surface area contributed by atoms with Crippen molar-refractivity contribution in [1.82, 2.24) is 10.0 Å². The molecule has 0 spiro atoms. The molecule has 2 atom stereocenters. The van der Waals surface area contributed by atoms with Crippen LogP contribution in [-0.4, -0.2) is 46.4 Å². The lowest BCUT2D eigenvalue weighted by Gasteiger charge is -2.25. The number of rotatable bonds is 7. The Morgan fingerprint density at radius 1 is 1.36 bits per heavy atom. The number of likely N-dealkylation sites (N-methyl/N-ethyl adjacent to an activating group) is 1. The van der Waals surface area contributed by atoms with Crippen LogP contribution in [0.5, 0.6) is 0 Å². The summed E-state index contributed by atoms with van der Waals surface area (Å²) in [5.74, 6) is -0.231. The van der Waals surface area contributed by atoms with Gasteiger partial charge in [-0.2, -0.15) is 0 Å². The SMILES string of the molecule is CNC(CC(C)(C)C)C(=O)NS(=O)(=O)CCC1CCCOC1. The highest BCUT2D eigenvalue weighted by molar-refractivity contribution is 7.90. The molecule has 7 heteroatoms. The zero-order valence-electron chi connectivity index (χ0n) is 14.1. The van der Waals surface area contributed by atoms with Gasteiger partial charge in [-0.1, -0.05) is 20.8 Å². The van der Waals surface area contributed by atoms with Gasteiger partial charge in [-0.05, 0) is 44.1 Å². The third-order valence-electron chi connectivity index (χ3n) is 3.79. The zero-order valence-corrected chi connectivity index (χ0v) is 15.0. The summed E-state index contributed by atoms with van der Waals surface area (Å²) in [5, 5.41) is 2.89. The summed E-state index contributed by atoms with van der Waals surface area (Å²) in [6, 6.07) is -0.507. The average molecular weight is 334 g/mol. The first-order valence-electron chi connectivity index (χ1n) is 7.92. The van der Waals surface area contributed by atoms with Gasteiger partial charge in [0.05, 0.1) is 11.8 Å². The molecule has 6 nitrogen and oxygen atoms in total. The predicted molar refractivity (Wildman–Crippen MR) is 87.0 cm³/mol. The van der Waals surface area contributed by atoms with Crippen molar-refractivity contribution in [3.05, 3.63) is 0 Å². The molecule has 130 valence electrons. The van der Waals surface area contributed by atoms with E-state index >= 15 is 0 Å². The van der Waals surface area contributed by atoms with Crippen molar-refractivity contribution < 1.29 is 17.9 Å². The molecule has 1 heterocycles. The lowest BCUT2D eigenvalue weighted by Crippen LogP contribution is -2.47. The molecule has 1 amide bonds. The Kier molecular flexibility index (Phi) is 7.28. The van der Waals surface area contributed by atoms with E-state index < -0.39 is 22.0 Å². The summed E-state index contributed by atoms with van der Waals surface area (Å²) in [4.78, 5) is 12.1. The molecule has 0 bridgehead atoms. The number of hydrogen-bond acceptors (Lipinski definition) is 5. The molecule has 1 aliphatic heterocycles. The van der Waals surface area contributed by atoms with E-state index in [1.807, 2.05) is 20.8 Å².